The monoisotopic (exact) mass is 252 g/mol. The van der Waals surface area contributed by atoms with E-state index in [0.29, 0.717) is 18.3 Å². The second-order valence-electron chi connectivity index (χ2n) is 4.47. The van der Waals surface area contributed by atoms with Gasteiger partial charge < -0.3 is 15.8 Å². The Bertz CT molecular complexity index is 433. The van der Waals surface area contributed by atoms with Crippen molar-refractivity contribution in [2.75, 3.05) is 6.61 Å². The fraction of sp³-hybridized carbons (Fsp3) is 0.462. The summed E-state index contributed by atoms with van der Waals surface area (Å²) in [5.41, 5.74) is 5.80. The number of carbonyl (C=O) groups excluding carboxylic acids is 1. The highest BCUT2D eigenvalue weighted by Gasteiger charge is 2.20. The van der Waals surface area contributed by atoms with Gasteiger partial charge in [0.1, 0.15) is 11.6 Å². The average molecular weight is 252 g/mol. The molecule has 1 aromatic carbocycles. The van der Waals surface area contributed by atoms with Gasteiger partial charge in [0, 0.05) is 18.2 Å². The highest BCUT2D eigenvalue weighted by molar-refractivity contribution is 5.73. The van der Waals surface area contributed by atoms with Crippen molar-refractivity contribution in [2.24, 2.45) is 5.73 Å². The van der Waals surface area contributed by atoms with Crippen molar-refractivity contribution in [3.63, 3.8) is 0 Å². The zero-order chi connectivity index (χ0) is 13.0. The maximum absolute atomic E-state index is 13.2. The minimum absolute atomic E-state index is 0.160. The molecule has 98 valence electrons. The molecule has 0 saturated heterocycles. The maximum Gasteiger partial charge on any atom is 0.220 e. The standard InChI is InChI=1S/C13H17FN2O2/c14-10-1-4-12(18-6-5-13(15)17)9(7-10)8-16-11-2-3-11/h1,4,7,11,16H,2-3,5-6,8H2,(H2,15,17). The third kappa shape index (κ3) is 4.00. The first-order chi connectivity index (χ1) is 8.65. The third-order valence-corrected chi connectivity index (χ3v) is 2.79. The molecule has 0 aliphatic heterocycles. The van der Waals surface area contributed by atoms with Crippen molar-refractivity contribution in [3.8, 4) is 5.75 Å². The van der Waals surface area contributed by atoms with Crippen molar-refractivity contribution in [3.05, 3.63) is 29.6 Å². The number of primary amides is 1. The molecule has 0 unspecified atom stereocenters. The Labute approximate surface area is 105 Å². The molecule has 0 spiro atoms. The molecule has 0 bridgehead atoms. The second kappa shape index (κ2) is 5.82. The number of hydrogen-bond donors (Lipinski definition) is 2. The largest absolute Gasteiger partial charge is 0.493 e. The smallest absolute Gasteiger partial charge is 0.220 e. The van der Waals surface area contributed by atoms with Gasteiger partial charge in [0.05, 0.1) is 13.0 Å². The summed E-state index contributed by atoms with van der Waals surface area (Å²) in [4.78, 5) is 10.6. The average Bonchev–Trinajstić information content (AvgIpc) is 3.12. The number of amides is 1. The summed E-state index contributed by atoms with van der Waals surface area (Å²) in [6.07, 6.45) is 2.51. The van der Waals surface area contributed by atoms with Gasteiger partial charge in [0.15, 0.2) is 0 Å². The number of ether oxygens (including phenoxy) is 1. The van der Waals surface area contributed by atoms with E-state index in [0.717, 1.165) is 5.56 Å². The highest BCUT2D eigenvalue weighted by Crippen LogP contribution is 2.23. The molecule has 0 aromatic heterocycles. The van der Waals surface area contributed by atoms with Gasteiger partial charge in [-0.1, -0.05) is 0 Å². The molecule has 2 rings (SSSR count). The normalized spacial score (nSPS) is 14.5. The first-order valence-electron chi connectivity index (χ1n) is 6.08. The molecular formula is C13H17FN2O2. The molecule has 1 amide bonds. The molecule has 0 heterocycles. The van der Waals surface area contributed by atoms with Crippen LogP contribution in [0.25, 0.3) is 0 Å². The maximum atomic E-state index is 13.2. The Morgan fingerprint density at radius 2 is 2.28 bits per heavy atom. The lowest BCUT2D eigenvalue weighted by Gasteiger charge is -2.11. The first-order valence-corrected chi connectivity index (χ1v) is 6.08. The van der Waals surface area contributed by atoms with Crippen LogP contribution in [0.5, 0.6) is 5.75 Å². The molecule has 4 nitrogen and oxygen atoms in total. The molecule has 3 N–H and O–H groups in total. The molecule has 0 radical (unpaired) electrons. The molecule has 18 heavy (non-hydrogen) atoms. The third-order valence-electron chi connectivity index (χ3n) is 2.79. The van der Waals surface area contributed by atoms with Crippen molar-refractivity contribution in [1.82, 2.24) is 5.32 Å². The van der Waals surface area contributed by atoms with Crippen LogP contribution in [-0.4, -0.2) is 18.6 Å². The van der Waals surface area contributed by atoms with Crippen LogP contribution in [0.2, 0.25) is 0 Å². The Balaban J connectivity index is 1.94. The van der Waals surface area contributed by atoms with Gasteiger partial charge in [0.25, 0.3) is 0 Å². The molecule has 5 heteroatoms. The summed E-state index contributed by atoms with van der Waals surface area (Å²) in [7, 11) is 0. The Kier molecular flexibility index (Phi) is 4.15. The molecular weight excluding hydrogens is 235 g/mol. The molecule has 1 fully saturated rings. The topological polar surface area (TPSA) is 64.4 Å². The van der Waals surface area contributed by atoms with E-state index < -0.39 is 5.91 Å². The fourth-order valence-corrected chi connectivity index (χ4v) is 1.63. The molecule has 1 saturated carbocycles. The van der Waals surface area contributed by atoms with Crippen LogP contribution in [0.3, 0.4) is 0 Å². The Hall–Kier alpha value is -1.62. The number of halogens is 1. The van der Waals surface area contributed by atoms with Crippen LogP contribution < -0.4 is 15.8 Å². The van der Waals surface area contributed by atoms with Crippen molar-refractivity contribution < 1.29 is 13.9 Å². The van der Waals surface area contributed by atoms with Crippen LogP contribution >= 0.6 is 0 Å². The summed E-state index contributed by atoms with van der Waals surface area (Å²) < 4.78 is 18.6. The van der Waals surface area contributed by atoms with Gasteiger partial charge in [0.2, 0.25) is 5.91 Å². The fourth-order valence-electron chi connectivity index (χ4n) is 1.63. The highest BCUT2D eigenvalue weighted by atomic mass is 19.1. The second-order valence-corrected chi connectivity index (χ2v) is 4.47. The predicted molar refractivity (Wildman–Crippen MR) is 65.6 cm³/mol. The minimum Gasteiger partial charge on any atom is -0.493 e. The van der Waals surface area contributed by atoms with E-state index in [2.05, 4.69) is 5.32 Å². The SMILES string of the molecule is NC(=O)CCOc1ccc(F)cc1CNC1CC1. The Morgan fingerprint density at radius 3 is 2.94 bits per heavy atom. The number of benzene rings is 1. The lowest BCUT2D eigenvalue weighted by molar-refractivity contribution is -0.118. The quantitative estimate of drug-likeness (QED) is 0.769. The van der Waals surface area contributed by atoms with E-state index >= 15 is 0 Å². The van der Waals surface area contributed by atoms with Crippen LogP contribution in [0.4, 0.5) is 4.39 Å². The van der Waals surface area contributed by atoms with E-state index in [9.17, 15) is 9.18 Å². The van der Waals surface area contributed by atoms with E-state index in [1.54, 1.807) is 6.07 Å². The van der Waals surface area contributed by atoms with Crippen LogP contribution in [0, 0.1) is 5.82 Å². The van der Waals surface area contributed by atoms with Gasteiger partial charge >= 0.3 is 0 Å². The van der Waals surface area contributed by atoms with E-state index in [1.807, 2.05) is 0 Å². The number of nitrogens with one attached hydrogen (secondary N) is 1. The van der Waals surface area contributed by atoms with Crippen LogP contribution in [0.1, 0.15) is 24.8 Å². The summed E-state index contributed by atoms with van der Waals surface area (Å²) in [5, 5.41) is 3.30. The van der Waals surface area contributed by atoms with Crippen molar-refractivity contribution in [1.29, 1.82) is 0 Å². The number of rotatable bonds is 7. The van der Waals surface area contributed by atoms with Gasteiger partial charge in [-0.05, 0) is 31.0 Å². The van der Waals surface area contributed by atoms with Gasteiger partial charge in [-0.25, -0.2) is 4.39 Å². The summed E-state index contributed by atoms with van der Waals surface area (Å²) >= 11 is 0. The lowest BCUT2D eigenvalue weighted by atomic mass is 10.2. The van der Waals surface area contributed by atoms with Crippen molar-refractivity contribution >= 4 is 5.91 Å². The molecule has 1 aromatic rings. The van der Waals surface area contributed by atoms with Gasteiger partial charge in [-0.15, -0.1) is 0 Å². The molecule has 0 atom stereocenters. The van der Waals surface area contributed by atoms with E-state index in [1.165, 1.54) is 25.0 Å². The Morgan fingerprint density at radius 1 is 1.50 bits per heavy atom. The zero-order valence-electron chi connectivity index (χ0n) is 10.1. The number of carbonyl (C=O) groups is 1. The van der Waals surface area contributed by atoms with Gasteiger partial charge in [-0.2, -0.15) is 0 Å². The lowest BCUT2D eigenvalue weighted by Crippen LogP contribution is -2.18. The number of nitrogens with two attached hydrogens (primary N) is 1. The van der Waals surface area contributed by atoms with Crippen molar-refractivity contribution in [2.45, 2.75) is 31.8 Å². The summed E-state index contributed by atoms with van der Waals surface area (Å²) in [6.45, 7) is 0.797. The molecule has 1 aliphatic rings. The summed E-state index contributed by atoms with van der Waals surface area (Å²) in [5.74, 6) is -0.0922. The van der Waals surface area contributed by atoms with E-state index in [4.69, 9.17) is 10.5 Å². The summed E-state index contributed by atoms with van der Waals surface area (Å²) in [6, 6.07) is 4.93. The number of hydrogen-bond acceptors (Lipinski definition) is 3. The van der Waals surface area contributed by atoms with Gasteiger partial charge in [-0.3, -0.25) is 4.79 Å². The molecule has 1 aliphatic carbocycles. The predicted octanol–water partition coefficient (Wildman–Crippen LogP) is 1.33. The first kappa shape index (κ1) is 12.8. The van der Waals surface area contributed by atoms with Crippen LogP contribution in [-0.2, 0) is 11.3 Å². The minimum atomic E-state index is -0.408. The zero-order valence-corrected chi connectivity index (χ0v) is 10.1. The van der Waals surface area contributed by atoms with E-state index in [-0.39, 0.29) is 18.8 Å². The van der Waals surface area contributed by atoms with Crippen LogP contribution in [0.15, 0.2) is 18.2 Å².